The highest BCUT2D eigenvalue weighted by Crippen LogP contribution is 2.44. The van der Waals surface area contributed by atoms with Crippen molar-refractivity contribution in [2.75, 3.05) is 0 Å². The van der Waals surface area contributed by atoms with E-state index in [0.29, 0.717) is 0 Å². The van der Waals surface area contributed by atoms with Crippen LogP contribution in [0.5, 0.6) is 0 Å². The fourth-order valence-electron chi connectivity index (χ4n) is 9.84. The molecule has 282 valence electrons. The standard InChI is InChI=1S/C55H34IN3S/c1-33-10-9-13-39(26-33)59-48-16-7-5-14-40(48)45-30-52-46(31-51(45)59)43-27-34(19-25-49(43)57(52)37-11-3-2-4-12-37)35-18-24-41-44-29-47-42-15-6-8-17-54(42)60-55(47)32-53(44)58(50(41)28-35)38-22-20-36(56)21-23-38/h2-32H,1H3. The summed E-state index contributed by atoms with van der Waals surface area (Å²) in [5, 5.41) is 10.2. The highest BCUT2D eigenvalue weighted by Gasteiger charge is 2.21. The second-order valence-electron chi connectivity index (χ2n) is 16.0. The monoisotopic (exact) mass is 895 g/mol. The van der Waals surface area contributed by atoms with Crippen LogP contribution in [0.15, 0.2) is 188 Å². The van der Waals surface area contributed by atoms with Crippen LogP contribution in [-0.2, 0) is 0 Å². The van der Waals surface area contributed by atoms with Crippen LogP contribution >= 0.6 is 33.9 Å². The molecule has 9 aromatic carbocycles. The van der Waals surface area contributed by atoms with Gasteiger partial charge in [0.2, 0.25) is 0 Å². The topological polar surface area (TPSA) is 14.8 Å². The van der Waals surface area contributed by atoms with Crippen LogP contribution < -0.4 is 0 Å². The van der Waals surface area contributed by atoms with Crippen molar-refractivity contribution in [2.45, 2.75) is 6.92 Å². The number of aromatic nitrogens is 3. The van der Waals surface area contributed by atoms with E-state index < -0.39 is 0 Å². The van der Waals surface area contributed by atoms with Gasteiger partial charge in [-0.25, -0.2) is 0 Å². The zero-order chi connectivity index (χ0) is 39.6. The molecule has 0 atom stereocenters. The van der Waals surface area contributed by atoms with Crippen molar-refractivity contribution in [2.24, 2.45) is 0 Å². The van der Waals surface area contributed by atoms with Crippen molar-refractivity contribution < 1.29 is 0 Å². The third-order valence-electron chi connectivity index (χ3n) is 12.5. The van der Waals surface area contributed by atoms with Gasteiger partial charge in [-0.05, 0) is 149 Å². The Bertz CT molecular complexity index is 3900. The average Bonchev–Trinajstić information content (AvgIpc) is 4.01. The molecular formula is C55H34IN3S. The van der Waals surface area contributed by atoms with E-state index in [-0.39, 0.29) is 0 Å². The van der Waals surface area contributed by atoms with Crippen molar-refractivity contribution in [1.29, 1.82) is 0 Å². The number of para-hydroxylation sites is 2. The molecule has 13 aromatic rings. The summed E-state index contributed by atoms with van der Waals surface area (Å²) in [6.45, 7) is 2.17. The lowest BCUT2D eigenvalue weighted by molar-refractivity contribution is 1.17. The predicted molar refractivity (Wildman–Crippen MR) is 265 cm³/mol. The van der Waals surface area contributed by atoms with E-state index in [0.717, 1.165) is 5.69 Å². The number of halogens is 1. The van der Waals surface area contributed by atoms with Gasteiger partial charge in [-0.2, -0.15) is 0 Å². The molecule has 0 unspecified atom stereocenters. The highest BCUT2D eigenvalue weighted by molar-refractivity contribution is 14.1. The van der Waals surface area contributed by atoms with Gasteiger partial charge < -0.3 is 13.7 Å². The van der Waals surface area contributed by atoms with Gasteiger partial charge in [0.15, 0.2) is 0 Å². The lowest BCUT2D eigenvalue weighted by Gasteiger charge is -2.10. The first kappa shape index (κ1) is 34.2. The number of benzene rings is 9. The van der Waals surface area contributed by atoms with E-state index >= 15 is 0 Å². The van der Waals surface area contributed by atoms with Crippen LogP contribution in [-0.4, -0.2) is 13.7 Å². The molecule has 3 nitrogen and oxygen atoms in total. The molecule has 0 amide bonds. The third kappa shape index (κ3) is 5.00. The summed E-state index contributed by atoms with van der Waals surface area (Å²) in [7, 11) is 0. The molecule has 0 saturated carbocycles. The van der Waals surface area contributed by atoms with Gasteiger partial charge in [-0.15, -0.1) is 11.3 Å². The van der Waals surface area contributed by atoms with Crippen molar-refractivity contribution >= 4 is 120 Å². The Morgan fingerprint density at radius 1 is 0.333 bits per heavy atom. The summed E-state index contributed by atoms with van der Waals surface area (Å²) < 4.78 is 11.2. The van der Waals surface area contributed by atoms with Crippen molar-refractivity contribution in [3.05, 3.63) is 197 Å². The number of hydrogen-bond acceptors (Lipinski definition) is 1. The number of thiophene rings is 1. The Hall–Kier alpha value is -6.67. The molecule has 5 heteroatoms. The zero-order valence-electron chi connectivity index (χ0n) is 32.5. The molecule has 0 saturated heterocycles. The maximum atomic E-state index is 2.47. The molecule has 0 aliphatic heterocycles. The molecule has 0 aliphatic rings. The van der Waals surface area contributed by atoms with E-state index in [1.807, 2.05) is 11.3 Å². The van der Waals surface area contributed by atoms with Crippen LogP contribution in [0.1, 0.15) is 5.56 Å². The van der Waals surface area contributed by atoms with E-state index in [2.05, 4.69) is 231 Å². The fraction of sp³-hybridized carbons (Fsp3) is 0.0182. The minimum atomic E-state index is 1.16. The summed E-state index contributed by atoms with van der Waals surface area (Å²) in [6, 6.07) is 70.0. The first-order valence-corrected chi connectivity index (χ1v) is 22.2. The smallest absolute Gasteiger partial charge is 0.0555 e. The minimum Gasteiger partial charge on any atom is -0.309 e. The largest absolute Gasteiger partial charge is 0.309 e. The van der Waals surface area contributed by atoms with E-state index in [9.17, 15) is 0 Å². The Kier molecular flexibility index (Phi) is 7.36. The second-order valence-corrected chi connectivity index (χ2v) is 18.3. The molecule has 0 N–H and O–H groups in total. The first-order chi connectivity index (χ1) is 29.6. The van der Waals surface area contributed by atoms with Gasteiger partial charge in [0, 0.05) is 73.1 Å². The zero-order valence-corrected chi connectivity index (χ0v) is 35.5. The number of fused-ring (bicyclic) bond motifs is 12. The minimum absolute atomic E-state index is 1.16. The van der Waals surface area contributed by atoms with Crippen LogP contribution in [0.4, 0.5) is 0 Å². The first-order valence-electron chi connectivity index (χ1n) is 20.4. The van der Waals surface area contributed by atoms with Gasteiger partial charge >= 0.3 is 0 Å². The predicted octanol–water partition coefficient (Wildman–Crippen LogP) is 15.9. The molecule has 0 spiro atoms. The average molecular weight is 896 g/mol. The van der Waals surface area contributed by atoms with Gasteiger partial charge in [-0.1, -0.05) is 84.9 Å². The molecule has 4 aromatic heterocycles. The summed E-state index contributed by atoms with van der Waals surface area (Å²) in [4.78, 5) is 0. The lowest BCUT2D eigenvalue weighted by atomic mass is 10.0. The third-order valence-corrected chi connectivity index (χ3v) is 14.4. The maximum absolute atomic E-state index is 2.47. The van der Waals surface area contributed by atoms with Crippen molar-refractivity contribution in [3.63, 3.8) is 0 Å². The molecule has 0 fully saturated rings. The summed E-state index contributed by atoms with van der Waals surface area (Å²) >= 11 is 4.28. The molecule has 4 heterocycles. The molecular weight excluding hydrogens is 862 g/mol. The van der Waals surface area contributed by atoms with Crippen LogP contribution in [0, 0.1) is 10.5 Å². The summed E-state index contributed by atoms with van der Waals surface area (Å²) in [6.07, 6.45) is 0. The SMILES string of the molecule is Cc1cccc(-n2c3ccccc3c3cc4c(cc32)c2cc(-c3ccc5c6cc7c(cc6n(-c6ccc(I)cc6)c5c3)sc3ccccc37)ccc2n4-c2ccccc2)c1. The Balaban J connectivity index is 1.08. The molecule has 60 heavy (non-hydrogen) atoms. The molecule has 0 bridgehead atoms. The van der Waals surface area contributed by atoms with Crippen LogP contribution in [0.2, 0.25) is 0 Å². The lowest BCUT2D eigenvalue weighted by Crippen LogP contribution is -1.95. The molecule has 0 radical (unpaired) electrons. The number of rotatable bonds is 4. The molecule has 0 aliphatic carbocycles. The highest BCUT2D eigenvalue weighted by atomic mass is 127. The fourth-order valence-corrected chi connectivity index (χ4v) is 11.3. The van der Waals surface area contributed by atoms with Crippen LogP contribution in [0.3, 0.4) is 0 Å². The molecule has 13 rings (SSSR count). The van der Waals surface area contributed by atoms with E-state index in [4.69, 9.17) is 0 Å². The van der Waals surface area contributed by atoms with Gasteiger partial charge in [0.1, 0.15) is 0 Å². The number of aryl methyl sites for hydroxylation is 1. The van der Waals surface area contributed by atoms with E-state index in [1.165, 1.54) is 117 Å². The van der Waals surface area contributed by atoms with Crippen LogP contribution in [0.25, 0.3) is 114 Å². The number of nitrogens with zero attached hydrogens (tertiary/aromatic N) is 3. The van der Waals surface area contributed by atoms with Gasteiger partial charge in [0.05, 0.1) is 33.1 Å². The Labute approximate surface area is 363 Å². The summed E-state index contributed by atoms with van der Waals surface area (Å²) in [5.41, 5.74) is 14.4. The number of hydrogen-bond donors (Lipinski definition) is 0. The Morgan fingerprint density at radius 2 is 0.900 bits per heavy atom. The Morgan fingerprint density at radius 3 is 1.73 bits per heavy atom. The van der Waals surface area contributed by atoms with Crippen molar-refractivity contribution in [1.82, 2.24) is 13.7 Å². The quantitative estimate of drug-likeness (QED) is 0.156. The van der Waals surface area contributed by atoms with Crippen molar-refractivity contribution in [3.8, 4) is 28.2 Å². The van der Waals surface area contributed by atoms with Gasteiger partial charge in [0.25, 0.3) is 0 Å². The summed E-state index contributed by atoms with van der Waals surface area (Å²) in [5.74, 6) is 0. The van der Waals surface area contributed by atoms with E-state index in [1.54, 1.807) is 0 Å². The normalized spacial score (nSPS) is 12.2. The second kappa shape index (κ2) is 12.9. The maximum Gasteiger partial charge on any atom is 0.0555 e. The van der Waals surface area contributed by atoms with Gasteiger partial charge in [-0.3, -0.25) is 0 Å².